The maximum Gasteiger partial charge on any atom is 0.285 e. The van der Waals surface area contributed by atoms with E-state index in [1.807, 2.05) is 25.7 Å². The zero-order valence-corrected chi connectivity index (χ0v) is 18.4. The smallest absolute Gasteiger partial charge is 0.285 e. The monoisotopic (exact) mass is 430 g/mol. The van der Waals surface area contributed by atoms with Gasteiger partial charge in [0.15, 0.2) is 5.44 Å². The van der Waals surface area contributed by atoms with Gasteiger partial charge in [-0.3, -0.25) is 4.79 Å². The summed E-state index contributed by atoms with van der Waals surface area (Å²) in [6.45, 7) is 8.49. The summed E-state index contributed by atoms with van der Waals surface area (Å²) in [4.78, 5) is 16.9. The summed E-state index contributed by atoms with van der Waals surface area (Å²) in [7, 11) is 0. The van der Waals surface area contributed by atoms with Crippen LogP contribution < -0.4 is 9.64 Å². The van der Waals surface area contributed by atoms with E-state index in [9.17, 15) is 14.3 Å². The zero-order valence-electron chi connectivity index (χ0n) is 17.6. The van der Waals surface area contributed by atoms with E-state index >= 15 is 0 Å². The third kappa shape index (κ3) is 3.95. The minimum Gasteiger partial charge on any atom is -0.507 e. The van der Waals surface area contributed by atoms with Crippen molar-refractivity contribution < 1.29 is 19.0 Å². The minimum absolute atomic E-state index is 0.0343. The van der Waals surface area contributed by atoms with E-state index in [0.717, 1.165) is 59.6 Å². The Hall–Kier alpha value is -2.41. The van der Waals surface area contributed by atoms with E-state index in [1.165, 1.54) is 23.9 Å². The van der Waals surface area contributed by atoms with Gasteiger partial charge in [0.25, 0.3) is 5.24 Å². The van der Waals surface area contributed by atoms with Gasteiger partial charge in [0.05, 0.1) is 0 Å². The number of piperazine rings is 1. The van der Waals surface area contributed by atoms with E-state index in [-0.39, 0.29) is 16.5 Å². The molecule has 2 heterocycles. The molecule has 0 aromatic heterocycles. The number of carbonyl (C=O) groups is 1. The maximum atomic E-state index is 13.1. The molecule has 0 saturated carbocycles. The summed E-state index contributed by atoms with van der Waals surface area (Å²) in [6, 6.07) is 6.48. The van der Waals surface area contributed by atoms with Crippen molar-refractivity contribution in [2.45, 2.75) is 39.0 Å². The maximum absolute atomic E-state index is 13.1. The molecule has 1 N–H and O–H groups in total. The van der Waals surface area contributed by atoms with Gasteiger partial charge in [0.2, 0.25) is 0 Å². The van der Waals surface area contributed by atoms with Gasteiger partial charge < -0.3 is 19.6 Å². The highest BCUT2D eigenvalue weighted by Crippen LogP contribution is 2.42. The number of fused-ring (bicyclic) bond motifs is 1. The van der Waals surface area contributed by atoms with Gasteiger partial charge in [-0.15, -0.1) is 0 Å². The molecule has 2 aliphatic heterocycles. The largest absolute Gasteiger partial charge is 0.507 e. The molecule has 160 valence electrons. The number of amides is 1. The van der Waals surface area contributed by atoms with E-state index in [1.54, 1.807) is 12.1 Å². The number of carbonyl (C=O) groups excluding carboxylic acids is 1. The fourth-order valence-electron chi connectivity index (χ4n) is 4.15. The second-order valence-electron chi connectivity index (χ2n) is 7.95. The van der Waals surface area contributed by atoms with Gasteiger partial charge in [-0.1, -0.05) is 0 Å². The average Bonchev–Trinajstić information content (AvgIpc) is 2.77. The number of phenols is 1. The molecule has 4 rings (SSSR count). The summed E-state index contributed by atoms with van der Waals surface area (Å²) in [5.41, 5.74) is 4.46. The Bertz CT molecular complexity index is 956. The van der Waals surface area contributed by atoms with Crippen molar-refractivity contribution in [2.24, 2.45) is 0 Å². The van der Waals surface area contributed by atoms with Gasteiger partial charge in [-0.25, -0.2) is 4.39 Å². The van der Waals surface area contributed by atoms with E-state index < -0.39 is 0 Å². The average molecular weight is 431 g/mol. The first kappa shape index (κ1) is 20.8. The van der Waals surface area contributed by atoms with Gasteiger partial charge >= 0.3 is 0 Å². The molecule has 1 saturated heterocycles. The lowest BCUT2D eigenvalue weighted by atomic mass is 9.93. The fraction of sp³-hybridized carbons (Fsp3) is 0.435. The van der Waals surface area contributed by atoms with Crippen molar-refractivity contribution in [3.8, 4) is 11.5 Å². The molecule has 2 aliphatic rings. The summed E-state index contributed by atoms with van der Waals surface area (Å²) in [5.74, 6) is 0.922. The minimum atomic E-state index is -0.242. The van der Waals surface area contributed by atoms with Crippen molar-refractivity contribution >= 4 is 22.7 Å². The second-order valence-corrected chi connectivity index (χ2v) is 9.06. The number of hydrogen-bond donors (Lipinski definition) is 1. The van der Waals surface area contributed by atoms with Crippen LogP contribution in [0, 0.1) is 26.6 Å². The van der Waals surface area contributed by atoms with Crippen molar-refractivity contribution in [3.63, 3.8) is 0 Å². The Balaban J connectivity index is 1.36. The topological polar surface area (TPSA) is 53.0 Å². The van der Waals surface area contributed by atoms with Crippen molar-refractivity contribution in [1.82, 2.24) is 4.90 Å². The molecule has 1 unspecified atom stereocenters. The number of hydrogen-bond acceptors (Lipinski definition) is 5. The quantitative estimate of drug-likeness (QED) is 0.743. The van der Waals surface area contributed by atoms with E-state index in [2.05, 4.69) is 4.90 Å². The van der Waals surface area contributed by atoms with Gasteiger partial charge in [-0.05, 0) is 86.3 Å². The Morgan fingerprint density at radius 3 is 2.40 bits per heavy atom. The molecule has 0 radical (unpaired) electrons. The molecule has 1 atom stereocenters. The van der Waals surface area contributed by atoms with Crippen molar-refractivity contribution in [3.05, 3.63) is 52.3 Å². The normalized spacial score (nSPS) is 18.7. The van der Waals surface area contributed by atoms with Crippen LogP contribution in [0.25, 0.3) is 0 Å². The van der Waals surface area contributed by atoms with E-state index in [4.69, 9.17) is 4.74 Å². The number of phenolic OH excluding ortho intramolecular Hbond substituents is 1. The predicted molar refractivity (Wildman–Crippen MR) is 118 cm³/mol. The standard InChI is InChI=1S/C23H27FN2O3S/c1-14-15(2)22-19(16(3)21(14)27)8-9-20(29-22)30-23(28)26-12-10-25(11-13-26)18-6-4-17(24)5-7-18/h4-7,20,27H,8-13H2,1-3H3. The number of rotatable bonds is 2. The first-order valence-corrected chi connectivity index (χ1v) is 11.2. The molecule has 2 aromatic carbocycles. The number of nitrogens with zero attached hydrogens (tertiary/aromatic N) is 2. The lowest BCUT2D eigenvalue weighted by Crippen LogP contribution is -2.48. The van der Waals surface area contributed by atoms with Crippen LogP contribution in [-0.2, 0) is 6.42 Å². The zero-order chi connectivity index (χ0) is 21.4. The SMILES string of the molecule is Cc1c(C)c2c(c(C)c1O)CCC(SC(=O)N1CCN(c3ccc(F)cc3)CC1)O2. The van der Waals surface area contributed by atoms with E-state index in [0.29, 0.717) is 18.8 Å². The molecule has 0 bridgehead atoms. The summed E-state index contributed by atoms with van der Waals surface area (Å²) in [6.07, 6.45) is 1.53. The fourth-order valence-corrected chi connectivity index (χ4v) is 5.09. The molecule has 7 heteroatoms. The molecule has 0 aliphatic carbocycles. The molecule has 1 amide bonds. The van der Waals surface area contributed by atoms with Crippen LogP contribution in [0.2, 0.25) is 0 Å². The number of anilines is 1. The first-order valence-electron chi connectivity index (χ1n) is 10.3. The van der Waals surface area contributed by atoms with Gasteiger partial charge in [-0.2, -0.15) is 0 Å². The third-order valence-electron chi connectivity index (χ3n) is 6.18. The van der Waals surface area contributed by atoms with Crippen LogP contribution in [0.3, 0.4) is 0 Å². The van der Waals surface area contributed by atoms with Crippen LogP contribution in [0.1, 0.15) is 28.7 Å². The molecular weight excluding hydrogens is 403 g/mol. The molecule has 0 spiro atoms. The van der Waals surface area contributed by atoms with Crippen LogP contribution >= 0.6 is 11.8 Å². The summed E-state index contributed by atoms with van der Waals surface area (Å²) in [5, 5.41) is 10.3. The van der Waals surface area contributed by atoms with Crippen LogP contribution in [0.4, 0.5) is 14.9 Å². The second kappa shape index (κ2) is 8.38. The van der Waals surface area contributed by atoms with Crippen LogP contribution in [0.15, 0.2) is 24.3 Å². The van der Waals surface area contributed by atoms with Crippen molar-refractivity contribution in [2.75, 3.05) is 31.1 Å². The summed E-state index contributed by atoms with van der Waals surface area (Å²) >= 11 is 1.25. The molecular formula is C23H27FN2O3S. The summed E-state index contributed by atoms with van der Waals surface area (Å²) < 4.78 is 19.3. The Morgan fingerprint density at radius 2 is 1.73 bits per heavy atom. The first-order chi connectivity index (χ1) is 14.3. The molecule has 2 aromatic rings. The number of ether oxygens (including phenoxy) is 1. The van der Waals surface area contributed by atoms with Gasteiger partial charge in [0.1, 0.15) is 17.3 Å². The highest BCUT2D eigenvalue weighted by Gasteiger charge is 2.30. The number of halogens is 1. The van der Waals surface area contributed by atoms with Crippen LogP contribution in [-0.4, -0.2) is 46.9 Å². The molecule has 30 heavy (non-hydrogen) atoms. The van der Waals surface area contributed by atoms with Gasteiger partial charge in [0, 0.05) is 37.4 Å². The number of benzene rings is 2. The molecule has 5 nitrogen and oxygen atoms in total. The highest BCUT2D eigenvalue weighted by atomic mass is 32.2. The predicted octanol–water partition coefficient (Wildman–Crippen LogP) is 4.78. The Labute approximate surface area is 180 Å². The lowest BCUT2D eigenvalue weighted by molar-refractivity contribution is 0.216. The molecule has 1 fully saturated rings. The highest BCUT2D eigenvalue weighted by molar-refractivity contribution is 8.13. The Kier molecular flexibility index (Phi) is 5.82. The van der Waals surface area contributed by atoms with Crippen molar-refractivity contribution in [1.29, 1.82) is 0 Å². The lowest BCUT2D eigenvalue weighted by Gasteiger charge is -2.36. The Morgan fingerprint density at radius 1 is 1.07 bits per heavy atom. The number of aromatic hydroxyl groups is 1. The third-order valence-corrected chi connectivity index (χ3v) is 7.24. The number of thioether (sulfide) groups is 1. The van der Waals surface area contributed by atoms with Crippen LogP contribution in [0.5, 0.6) is 11.5 Å².